The molecule has 0 saturated heterocycles. The van der Waals surface area contributed by atoms with Gasteiger partial charge in [-0.1, -0.05) is 30.3 Å². The zero-order valence-electron chi connectivity index (χ0n) is 20.3. The number of nitrogens with one attached hydrogen (secondary N) is 2. The average Bonchev–Trinajstić information content (AvgIpc) is 3.31. The highest BCUT2D eigenvalue weighted by molar-refractivity contribution is 5.93. The van der Waals surface area contributed by atoms with Gasteiger partial charge >= 0.3 is 0 Å². The maximum absolute atomic E-state index is 12.6. The fourth-order valence-electron chi connectivity index (χ4n) is 3.61. The van der Waals surface area contributed by atoms with Crippen molar-refractivity contribution in [1.29, 1.82) is 0 Å². The molecule has 0 aliphatic heterocycles. The van der Waals surface area contributed by atoms with E-state index in [1.165, 1.54) is 6.08 Å². The molecule has 2 amide bonds. The number of anilines is 1. The maximum atomic E-state index is 12.6. The molecule has 4 aromatic rings. The Hall–Kier alpha value is -4.56. The van der Waals surface area contributed by atoms with Crippen LogP contribution in [0.15, 0.2) is 91.4 Å². The number of hydrogen-bond acceptors (Lipinski definition) is 5. The van der Waals surface area contributed by atoms with Gasteiger partial charge in [-0.2, -0.15) is 5.10 Å². The summed E-state index contributed by atoms with van der Waals surface area (Å²) < 4.78 is 1.79. The first-order valence-electron chi connectivity index (χ1n) is 11.5. The van der Waals surface area contributed by atoms with Crippen LogP contribution in [-0.2, 0) is 16.1 Å². The van der Waals surface area contributed by atoms with Crippen LogP contribution in [0.25, 0.3) is 23.0 Å². The predicted octanol–water partition coefficient (Wildman–Crippen LogP) is 3.76. The minimum absolute atomic E-state index is 0.0930. The minimum Gasteiger partial charge on any atom is -0.348 e. The molecule has 0 aliphatic rings. The smallest absolute Gasteiger partial charge is 0.244 e. The molecule has 0 fully saturated rings. The van der Waals surface area contributed by atoms with Crippen molar-refractivity contribution in [3.05, 3.63) is 103 Å². The molecule has 2 aromatic heterocycles. The van der Waals surface area contributed by atoms with Crippen molar-refractivity contribution in [3.63, 3.8) is 0 Å². The molecule has 0 spiro atoms. The van der Waals surface area contributed by atoms with Crippen LogP contribution in [0.3, 0.4) is 0 Å². The number of benzene rings is 2. The van der Waals surface area contributed by atoms with Crippen LogP contribution in [0, 0.1) is 0 Å². The molecule has 0 aliphatic carbocycles. The van der Waals surface area contributed by atoms with E-state index in [2.05, 4.69) is 15.6 Å². The lowest BCUT2D eigenvalue weighted by Gasteiger charge is -2.11. The van der Waals surface area contributed by atoms with Gasteiger partial charge in [-0.3, -0.25) is 14.6 Å². The van der Waals surface area contributed by atoms with E-state index in [4.69, 9.17) is 5.10 Å². The monoisotopic (exact) mass is 480 g/mol. The summed E-state index contributed by atoms with van der Waals surface area (Å²) in [5, 5.41) is 10.5. The van der Waals surface area contributed by atoms with Crippen LogP contribution in [0.1, 0.15) is 11.1 Å². The summed E-state index contributed by atoms with van der Waals surface area (Å²) in [5.41, 5.74) is 4.89. The zero-order chi connectivity index (χ0) is 25.3. The van der Waals surface area contributed by atoms with E-state index >= 15 is 0 Å². The van der Waals surface area contributed by atoms with Crippen LogP contribution in [0.4, 0.5) is 5.69 Å². The van der Waals surface area contributed by atoms with Crippen LogP contribution >= 0.6 is 0 Å². The summed E-state index contributed by atoms with van der Waals surface area (Å²) >= 11 is 0. The molecule has 0 bridgehead atoms. The minimum atomic E-state index is -0.235. The van der Waals surface area contributed by atoms with E-state index in [0.29, 0.717) is 18.8 Å². The van der Waals surface area contributed by atoms with Gasteiger partial charge in [0.1, 0.15) is 5.69 Å². The molecule has 2 aromatic carbocycles. The van der Waals surface area contributed by atoms with Gasteiger partial charge in [0.05, 0.1) is 12.2 Å². The van der Waals surface area contributed by atoms with Gasteiger partial charge in [0.15, 0.2) is 0 Å². The molecule has 2 N–H and O–H groups in total. The zero-order valence-corrected chi connectivity index (χ0v) is 20.3. The molecule has 182 valence electrons. The summed E-state index contributed by atoms with van der Waals surface area (Å²) in [7, 11) is 3.68. The Bertz CT molecular complexity index is 1350. The number of pyridine rings is 1. The lowest BCUT2D eigenvalue weighted by atomic mass is 10.1. The van der Waals surface area contributed by atoms with Crippen LogP contribution in [0.2, 0.25) is 0 Å². The number of carbonyl (C=O) groups is 2. The number of para-hydroxylation sites is 1. The summed E-state index contributed by atoms with van der Waals surface area (Å²) in [6.45, 7) is 0.632. The Kier molecular flexibility index (Phi) is 8.00. The number of carbonyl (C=O) groups excluding carboxylic acids is 2. The van der Waals surface area contributed by atoms with Crippen LogP contribution in [0.5, 0.6) is 0 Å². The highest BCUT2D eigenvalue weighted by Crippen LogP contribution is 2.24. The Labute approximate surface area is 210 Å². The number of amides is 2. The van der Waals surface area contributed by atoms with Gasteiger partial charge in [-0.15, -0.1) is 0 Å². The Morgan fingerprint density at radius 1 is 1.03 bits per heavy atom. The topological polar surface area (TPSA) is 92.2 Å². The van der Waals surface area contributed by atoms with E-state index in [1.54, 1.807) is 28.1 Å². The normalized spacial score (nSPS) is 11.1. The average molecular weight is 481 g/mol. The SMILES string of the molecule is CN(C)CC(=O)Nc1cccc(CNC(=O)C=Cc2cn(-c3ccccc3)nc2-c2cccnc2)c1. The Balaban J connectivity index is 1.45. The molecule has 2 heterocycles. The third kappa shape index (κ3) is 6.74. The summed E-state index contributed by atoms with van der Waals surface area (Å²) in [4.78, 5) is 30.6. The second-order valence-electron chi connectivity index (χ2n) is 8.49. The number of rotatable bonds is 9. The molecule has 36 heavy (non-hydrogen) atoms. The second-order valence-corrected chi connectivity index (χ2v) is 8.49. The molecule has 0 unspecified atom stereocenters. The van der Waals surface area contributed by atoms with Crippen molar-refractivity contribution in [3.8, 4) is 16.9 Å². The Morgan fingerprint density at radius 2 is 1.86 bits per heavy atom. The van der Waals surface area contributed by atoms with Gasteiger partial charge < -0.3 is 15.5 Å². The molecule has 0 saturated carbocycles. The van der Waals surface area contributed by atoms with E-state index < -0.39 is 0 Å². The standard InChI is InChI=1S/C28H28N6O2/c1-33(2)20-27(36)31-24-10-6-8-21(16-24)17-30-26(35)14-13-23-19-34(25-11-4-3-5-12-25)32-28(23)22-9-7-15-29-18-22/h3-16,18-19H,17,20H2,1-2H3,(H,30,35)(H,31,36). The summed E-state index contributed by atoms with van der Waals surface area (Å²) in [5.74, 6) is -0.328. The maximum Gasteiger partial charge on any atom is 0.244 e. The highest BCUT2D eigenvalue weighted by Gasteiger charge is 2.11. The lowest BCUT2D eigenvalue weighted by Crippen LogP contribution is -2.27. The fourth-order valence-corrected chi connectivity index (χ4v) is 3.61. The molecule has 0 atom stereocenters. The van der Waals surface area contributed by atoms with Gasteiger partial charge in [0.25, 0.3) is 0 Å². The van der Waals surface area contributed by atoms with Crippen molar-refractivity contribution in [2.24, 2.45) is 0 Å². The summed E-state index contributed by atoms with van der Waals surface area (Å²) in [6.07, 6.45) is 8.60. The van der Waals surface area contributed by atoms with Gasteiger partial charge in [-0.05, 0) is 62.1 Å². The van der Waals surface area contributed by atoms with E-state index in [1.807, 2.05) is 87.0 Å². The molecule has 8 heteroatoms. The van der Waals surface area contributed by atoms with Gasteiger partial charge in [0.2, 0.25) is 11.8 Å². The number of aromatic nitrogens is 3. The fraction of sp³-hybridized carbons (Fsp3) is 0.143. The highest BCUT2D eigenvalue weighted by atomic mass is 16.2. The van der Waals surface area contributed by atoms with Gasteiger partial charge in [-0.25, -0.2) is 4.68 Å². The van der Waals surface area contributed by atoms with Crippen molar-refractivity contribution < 1.29 is 9.59 Å². The molecule has 4 rings (SSSR count). The third-order valence-corrected chi connectivity index (χ3v) is 5.25. The first kappa shape index (κ1) is 24.6. The largest absolute Gasteiger partial charge is 0.348 e. The number of likely N-dealkylation sites (N-methyl/N-ethyl adjacent to an activating group) is 1. The van der Waals surface area contributed by atoms with Crippen LogP contribution < -0.4 is 10.6 Å². The van der Waals surface area contributed by atoms with E-state index in [0.717, 1.165) is 28.1 Å². The van der Waals surface area contributed by atoms with Crippen LogP contribution in [-0.4, -0.2) is 52.1 Å². The molecular formula is C28H28N6O2. The molecular weight excluding hydrogens is 452 g/mol. The van der Waals surface area contributed by atoms with Gasteiger partial charge in [0, 0.05) is 48.0 Å². The van der Waals surface area contributed by atoms with Crippen molar-refractivity contribution >= 4 is 23.6 Å². The van der Waals surface area contributed by atoms with E-state index in [-0.39, 0.29) is 11.8 Å². The molecule has 8 nitrogen and oxygen atoms in total. The number of hydrogen-bond donors (Lipinski definition) is 2. The Morgan fingerprint density at radius 3 is 2.61 bits per heavy atom. The van der Waals surface area contributed by atoms with Crippen molar-refractivity contribution in [2.75, 3.05) is 26.0 Å². The van der Waals surface area contributed by atoms with Crippen molar-refractivity contribution in [2.45, 2.75) is 6.54 Å². The first-order chi connectivity index (χ1) is 17.5. The predicted molar refractivity (Wildman–Crippen MR) is 141 cm³/mol. The third-order valence-electron chi connectivity index (χ3n) is 5.25. The molecule has 0 radical (unpaired) electrons. The van der Waals surface area contributed by atoms with Crippen molar-refractivity contribution in [1.82, 2.24) is 25.0 Å². The quantitative estimate of drug-likeness (QED) is 0.356. The summed E-state index contributed by atoms with van der Waals surface area (Å²) in [6, 6.07) is 21.0. The first-order valence-corrected chi connectivity index (χ1v) is 11.5. The lowest BCUT2D eigenvalue weighted by molar-refractivity contribution is -0.117. The number of nitrogens with zero attached hydrogens (tertiary/aromatic N) is 4. The second kappa shape index (κ2) is 11.7. The van der Waals surface area contributed by atoms with E-state index in [9.17, 15) is 9.59 Å².